The zero-order valence-electron chi connectivity index (χ0n) is 5.28. The largest absolute Gasteiger partial charge is 0.428 e. The lowest BCUT2D eigenvalue weighted by molar-refractivity contribution is 0.198. The van der Waals surface area contributed by atoms with E-state index < -0.39 is 0 Å². The number of nitrogens with zero attached hydrogens (tertiary/aromatic N) is 1. The van der Waals surface area contributed by atoms with E-state index in [9.17, 15) is 0 Å². The van der Waals surface area contributed by atoms with E-state index in [2.05, 4.69) is 6.20 Å². The molecular weight excluding hydrogens is 126 g/mol. The molecule has 0 atom stereocenters. The molecule has 0 aliphatic rings. The highest BCUT2D eigenvalue weighted by atomic mass is 16.5. The van der Waals surface area contributed by atoms with Crippen LogP contribution in [-0.4, -0.2) is 9.94 Å². The molecule has 0 aliphatic heterocycles. The maximum absolute atomic E-state index is 9.07. The molecule has 2 heteroatoms. The summed E-state index contributed by atoms with van der Waals surface area (Å²) in [7, 11) is 0. The van der Waals surface area contributed by atoms with E-state index in [4.69, 9.17) is 5.21 Å². The summed E-state index contributed by atoms with van der Waals surface area (Å²) < 4.78 is 0.995. The van der Waals surface area contributed by atoms with Crippen LogP contribution in [0.15, 0.2) is 30.3 Å². The zero-order valence-corrected chi connectivity index (χ0v) is 5.28. The standard InChI is InChI=1S/C8H6NO/c10-9-6-5-7-3-1-2-4-8(7)9/h1-5,10H. The van der Waals surface area contributed by atoms with Gasteiger partial charge < -0.3 is 5.21 Å². The Labute approximate surface area is 58.3 Å². The minimum absolute atomic E-state index is 0.794. The van der Waals surface area contributed by atoms with Crippen molar-refractivity contribution in [1.82, 2.24) is 4.73 Å². The Kier molecular flexibility index (Phi) is 0.947. The summed E-state index contributed by atoms with van der Waals surface area (Å²) in [5.74, 6) is 0. The van der Waals surface area contributed by atoms with Crippen molar-refractivity contribution in [2.45, 2.75) is 0 Å². The number of para-hydroxylation sites is 1. The Morgan fingerprint density at radius 2 is 2.10 bits per heavy atom. The fraction of sp³-hybridized carbons (Fsp3) is 0. The van der Waals surface area contributed by atoms with Crippen LogP contribution in [-0.2, 0) is 0 Å². The van der Waals surface area contributed by atoms with Gasteiger partial charge in [-0.25, -0.2) is 0 Å². The smallest absolute Gasteiger partial charge is 0.108 e. The van der Waals surface area contributed by atoms with Crippen LogP contribution in [0.1, 0.15) is 0 Å². The average Bonchev–Trinajstić information content (AvgIpc) is 2.34. The van der Waals surface area contributed by atoms with E-state index in [1.807, 2.05) is 24.3 Å². The molecule has 0 fully saturated rings. The number of hydrogen-bond acceptors (Lipinski definition) is 1. The van der Waals surface area contributed by atoms with E-state index in [0.717, 1.165) is 15.6 Å². The lowest BCUT2D eigenvalue weighted by Gasteiger charge is -1.90. The summed E-state index contributed by atoms with van der Waals surface area (Å²) in [6, 6.07) is 9.32. The van der Waals surface area contributed by atoms with E-state index >= 15 is 0 Å². The van der Waals surface area contributed by atoms with Crippen LogP contribution < -0.4 is 0 Å². The van der Waals surface area contributed by atoms with Crippen molar-refractivity contribution in [3.63, 3.8) is 0 Å². The molecule has 0 saturated carbocycles. The Bertz CT molecular complexity index is 351. The number of hydrogen-bond donors (Lipinski definition) is 1. The molecule has 10 heavy (non-hydrogen) atoms. The minimum Gasteiger partial charge on any atom is -0.428 e. The van der Waals surface area contributed by atoms with E-state index in [0.29, 0.717) is 0 Å². The number of rotatable bonds is 0. The Balaban J connectivity index is 2.93. The Hall–Kier alpha value is -1.44. The van der Waals surface area contributed by atoms with E-state index in [1.54, 1.807) is 6.07 Å². The maximum Gasteiger partial charge on any atom is 0.108 e. The van der Waals surface area contributed by atoms with Gasteiger partial charge in [0.15, 0.2) is 0 Å². The highest BCUT2D eigenvalue weighted by Crippen LogP contribution is 2.11. The van der Waals surface area contributed by atoms with Crippen molar-refractivity contribution in [2.24, 2.45) is 0 Å². The summed E-state index contributed by atoms with van der Waals surface area (Å²) in [5.41, 5.74) is 0.794. The predicted molar refractivity (Wildman–Crippen MR) is 38.0 cm³/mol. The summed E-state index contributed by atoms with van der Waals surface area (Å²) in [4.78, 5) is 0. The molecule has 0 aliphatic carbocycles. The van der Waals surface area contributed by atoms with Crippen LogP contribution in [0.2, 0.25) is 0 Å². The van der Waals surface area contributed by atoms with Crippen molar-refractivity contribution in [3.05, 3.63) is 36.5 Å². The van der Waals surface area contributed by atoms with Crippen molar-refractivity contribution in [2.75, 3.05) is 0 Å². The second kappa shape index (κ2) is 1.77. The molecule has 1 radical (unpaired) electrons. The summed E-state index contributed by atoms with van der Waals surface area (Å²) in [5, 5.41) is 10.1. The SMILES string of the molecule is On1[c]cc2ccccc21. The highest BCUT2D eigenvalue weighted by molar-refractivity contribution is 5.79. The first-order valence-corrected chi connectivity index (χ1v) is 3.05. The van der Waals surface area contributed by atoms with Crippen LogP contribution in [0.3, 0.4) is 0 Å². The topological polar surface area (TPSA) is 25.2 Å². The van der Waals surface area contributed by atoms with Gasteiger partial charge >= 0.3 is 0 Å². The van der Waals surface area contributed by atoms with Gasteiger partial charge in [0.1, 0.15) is 6.20 Å². The van der Waals surface area contributed by atoms with Gasteiger partial charge in [-0.3, -0.25) is 0 Å². The van der Waals surface area contributed by atoms with Crippen molar-refractivity contribution >= 4 is 10.9 Å². The van der Waals surface area contributed by atoms with Gasteiger partial charge in [0.05, 0.1) is 5.52 Å². The molecule has 0 amide bonds. The molecule has 0 spiro atoms. The third kappa shape index (κ3) is 0.589. The van der Waals surface area contributed by atoms with Crippen LogP contribution in [0.4, 0.5) is 0 Å². The second-order valence-corrected chi connectivity index (χ2v) is 2.14. The maximum atomic E-state index is 9.07. The lowest BCUT2D eigenvalue weighted by atomic mass is 10.3. The molecule has 0 unspecified atom stereocenters. The molecule has 1 aromatic heterocycles. The third-order valence-corrected chi connectivity index (χ3v) is 1.51. The summed E-state index contributed by atoms with van der Waals surface area (Å²) in [6.45, 7) is 0. The molecule has 49 valence electrons. The van der Waals surface area contributed by atoms with Gasteiger partial charge in [0.25, 0.3) is 0 Å². The molecular formula is C8H6NO. The lowest BCUT2D eigenvalue weighted by Crippen LogP contribution is -1.84. The van der Waals surface area contributed by atoms with E-state index in [1.165, 1.54) is 0 Å². The van der Waals surface area contributed by atoms with Gasteiger partial charge in [-0.1, -0.05) is 18.2 Å². The molecule has 1 N–H and O–H groups in total. The molecule has 2 aromatic rings. The average molecular weight is 132 g/mol. The Morgan fingerprint density at radius 3 is 2.90 bits per heavy atom. The quantitative estimate of drug-likeness (QED) is 0.542. The third-order valence-electron chi connectivity index (χ3n) is 1.51. The number of benzene rings is 1. The molecule has 0 saturated heterocycles. The molecule has 1 aromatic carbocycles. The first-order chi connectivity index (χ1) is 4.88. The van der Waals surface area contributed by atoms with Gasteiger partial charge in [-0.05, 0) is 12.1 Å². The number of aromatic nitrogens is 1. The summed E-state index contributed by atoms with van der Waals surface area (Å²) >= 11 is 0. The van der Waals surface area contributed by atoms with Gasteiger partial charge in [-0.2, -0.15) is 4.73 Å². The van der Waals surface area contributed by atoms with E-state index in [-0.39, 0.29) is 0 Å². The number of fused-ring (bicyclic) bond motifs is 1. The van der Waals surface area contributed by atoms with Crippen LogP contribution in [0.25, 0.3) is 10.9 Å². The fourth-order valence-electron chi connectivity index (χ4n) is 1.00. The normalized spacial score (nSPS) is 10.4. The molecule has 2 rings (SSSR count). The van der Waals surface area contributed by atoms with Crippen LogP contribution in [0, 0.1) is 6.20 Å². The van der Waals surface area contributed by atoms with Crippen molar-refractivity contribution < 1.29 is 5.21 Å². The second-order valence-electron chi connectivity index (χ2n) is 2.14. The van der Waals surface area contributed by atoms with Crippen molar-refractivity contribution in [1.29, 1.82) is 0 Å². The Morgan fingerprint density at radius 1 is 1.30 bits per heavy atom. The summed E-state index contributed by atoms with van der Waals surface area (Å²) in [6.07, 6.45) is 2.65. The molecule has 0 bridgehead atoms. The monoisotopic (exact) mass is 132 g/mol. The van der Waals surface area contributed by atoms with Gasteiger partial charge in [-0.15, -0.1) is 0 Å². The minimum atomic E-state index is 0.794. The zero-order chi connectivity index (χ0) is 6.97. The first-order valence-electron chi connectivity index (χ1n) is 3.05. The van der Waals surface area contributed by atoms with Crippen LogP contribution in [0.5, 0.6) is 0 Å². The highest BCUT2D eigenvalue weighted by Gasteiger charge is 1.95. The molecule has 1 heterocycles. The molecule has 2 nitrogen and oxygen atoms in total. The fourth-order valence-corrected chi connectivity index (χ4v) is 1.00. The van der Waals surface area contributed by atoms with Gasteiger partial charge in [0, 0.05) is 5.39 Å². The predicted octanol–water partition coefficient (Wildman–Crippen LogP) is 1.68. The first kappa shape index (κ1) is 5.35. The van der Waals surface area contributed by atoms with Gasteiger partial charge in [0.2, 0.25) is 0 Å². The van der Waals surface area contributed by atoms with Crippen molar-refractivity contribution in [3.8, 4) is 0 Å². The van der Waals surface area contributed by atoms with Crippen LogP contribution >= 0.6 is 0 Å².